The van der Waals surface area contributed by atoms with Crippen molar-refractivity contribution in [2.24, 2.45) is 0 Å². The molecule has 0 bridgehead atoms. The summed E-state index contributed by atoms with van der Waals surface area (Å²) in [5, 5.41) is 3.50. The Bertz CT molecular complexity index is 506. The van der Waals surface area contributed by atoms with Gasteiger partial charge in [0.25, 0.3) is 0 Å². The number of hydrogen-bond acceptors (Lipinski definition) is 3. The summed E-state index contributed by atoms with van der Waals surface area (Å²) in [5.74, 6) is 0. The number of benzene rings is 1. The molecule has 1 aromatic carbocycles. The molecular formula is C11H16Cl2N2O2S. The topological polar surface area (TPSA) is 49.4 Å². The lowest BCUT2D eigenvalue weighted by molar-refractivity contribution is 0.458. The van der Waals surface area contributed by atoms with Gasteiger partial charge in [-0.05, 0) is 38.2 Å². The van der Waals surface area contributed by atoms with Crippen LogP contribution in [0.1, 0.15) is 6.42 Å². The van der Waals surface area contributed by atoms with E-state index in [-0.39, 0.29) is 9.92 Å². The first-order valence-electron chi connectivity index (χ1n) is 5.45. The molecule has 0 saturated heterocycles. The molecule has 0 aliphatic heterocycles. The largest absolute Gasteiger partial charge is 0.320 e. The van der Waals surface area contributed by atoms with Crippen LogP contribution in [0.4, 0.5) is 0 Å². The Hall–Kier alpha value is -0.330. The van der Waals surface area contributed by atoms with Crippen molar-refractivity contribution in [1.82, 2.24) is 9.62 Å². The molecule has 0 saturated carbocycles. The summed E-state index contributed by atoms with van der Waals surface area (Å²) < 4.78 is 25.8. The zero-order valence-corrected chi connectivity index (χ0v) is 12.6. The number of hydrogen-bond donors (Lipinski definition) is 1. The van der Waals surface area contributed by atoms with Gasteiger partial charge in [-0.15, -0.1) is 0 Å². The van der Waals surface area contributed by atoms with E-state index in [0.29, 0.717) is 11.6 Å². The molecule has 0 fully saturated rings. The molecule has 0 spiro atoms. The van der Waals surface area contributed by atoms with Crippen LogP contribution >= 0.6 is 23.2 Å². The SMILES string of the molecule is CNCCCN(C)S(=O)(=O)c1cc(Cl)ccc1Cl. The van der Waals surface area contributed by atoms with Gasteiger partial charge in [-0.25, -0.2) is 12.7 Å². The maximum Gasteiger partial charge on any atom is 0.244 e. The van der Waals surface area contributed by atoms with Crippen molar-refractivity contribution in [1.29, 1.82) is 0 Å². The second-order valence-corrected chi connectivity index (χ2v) is 6.72. The maximum atomic E-state index is 12.3. The molecule has 0 heterocycles. The monoisotopic (exact) mass is 310 g/mol. The van der Waals surface area contributed by atoms with Gasteiger partial charge in [0.05, 0.1) is 5.02 Å². The third-order valence-corrected chi connectivity index (χ3v) is 5.05. The second-order valence-electron chi connectivity index (χ2n) is 3.86. The molecule has 1 aromatic rings. The lowest BCUT2D eigenvalue weighted by Gasteiger charge is -2.18. The molecule has 1 rings (SSSR count). The van der Waals surface area contributed by atoms with Gasteiger partial charge in [0.1, 0.15) is 4.90 Å². The van der Waals surface area contributed by atoms with Gasteiger partial charge in [0.2, 0.25) is 10.0 Å². The average molecular weight is 311 g/mol. The van der Waals surface area contributed by atoms with E-state index >= 15 is 0 Å². The number of nitrogens with one attached hydrogen (secondary N) is 1. The highest BCUT2D eigenvalue weighted by Gasteiger charge is 2.23. The molecule has 18 heavy (non-hydrogen) atoms. The fraction of sp³-hybridized carbons (Fsp3) is 0.455. The number of halogens is 2. The molecule has 1 N–H and O–H groups in total. The predicted molar refractivity (Wildman–Crippen MR) is 74.8 cm³/mol. The van der Waals surface area contributed by atoms with Gasteiger partial charge < -0.3 is 5.32 Å². The van der Waals surface area contributed by atoms with Crippen LogP contribution in [0.25, 0.3) is 0 Å². The molecule has 0 aliphatic carbocycles. The fourth-order valence-electron chi connectivity index (χ4n) is 1.44. The Morgan fingerprint density at radius 1 is 1.33 bits per heavy atom. The van der Waals surface area contributed by atoms with Crippen LogP contribution in [-0.2, 0) is 10.0 Å². The Morgan fingerprint density at radius 3 is 2.61 bits per heavy atom. The lowest BCUT2D eigenvalue weighted by atomic mass is 10.4. The summed E-state index contributed by atoms with van der Waals surface area (Å²) in [4.78, 5) is 0.0450. The van der Waals surface area contributed by atoms with E-state index in [1.54, 1.807) is 6.07 Å². The Kier molecular flexibility index (Phi) is 5.88. The van der Waals surface area contributed by atoms with Gasteiger partial charge in [-0.1, -0.05) is 23.2 Å². The zero-order valence-electron chi connectivity index (χ0n) is 10.3. The first-order chi connectivity index (χ1) is 8.39. The van der Waals surface area contributed by atoms with Crippen LogP contribution in [0.2, 0.25) is 10.0 Å². The van der Waals surface area contributed by atoms with Crippen molar-refractivity contribution >= 4 is 33.2 Å². The van der Waals surface area contributed by atoms with E-state index < -0.39 is 10.0 Å². The van der Waals surface area contributed by atoms with E-state index in [0.717, 1.165) is 13.0 Å². The summed E-state index contributed by atoms with van der Waals surface area (Å²) in [6.45, 7) is 1.18. The quantitative estimate of drug-likeness (QED) is 0.820. The lowest BCUT2D eigenvalue weighted by Crippen LogP contribution is -2.29. The summed E-state index contributed by atoms with van der Waals surface area (Å²) >= 11 is 11.7. The number of rotatable bonds is 6. The maximum absolute atomic E-state index is 12.3. The molecule has 0 aromatic heterocycles. The standard InChI is InChI=1S/C11H16Cl2N2O2S/c1-14-6-3-7-15(2)18(16,17)11-8-9(12)4-5-10(11)13/h4-5,8,14H,3,6-7H2,1-2H3. The minimum Gasteiger partial charge on any atom is -0.320 e. The van der Waals surface area contributed by atoms with E-state index in [4.69, 9.17) is 23.2 Å². The first kappa shape index (κ1) is 15.7. The van der Waals surface area contributed by atoms with Crippen LogP contribution in [0.15, 0.2) is 23.1 Å². The first-order valence-corrected chi connectivity index (χ1v) is 7.65. The number of sulfonamides is 1. The third-order valence-electron chi connectivity index (χ3n) is 2.48. The normalized spacial score (nSPS) is 12.1. The third kappa shape index (κ3) is 3.83. The molecule has 0 aliphatic rings. The zero-order chi connectivity index (χ0) is 13.8. The molecule has 0 atom stereocenters. The van der Waals surface area contributed by atoms with Crippen molar-refractivity contribution in [3.05, 3.63) is 28.2 Å². The Labute approximate surface area is 118 Å². The average Bonchev–Trinajstić information content (AvgIpc) is 2.32. The van der Waals surface area contributed by atoms with Crippen molar-refractivity contribution in [3.63, 3.8) is 0 Å². The van der Waals surface area contributed by atoms with Gasteiger partial charge in [0, 0.05) is 18.6 Å². The molecular weight excluding hydrogens is 295 g/mol. The molecule has 4 nitrogen and oxygen atoms in total. The van der Waals surface area contributed by atoms with Crippen LogP contribution in [0, 0.1) is 0 Å². The van der Waals surface area contributed by atoms with Crippen molar-refractivity contribution in [2.45, 2.75) is 11.3 Å². The summed E-state index contributed by atoms with van der Waals surface area (Å²) in [6, 6.07) is 4.41. The van der Waals surface area contributed by atoms with E-state index in [2.05, 4.69) is 5.32 Å². The van der Waals surface area contributed by atoms with Crippen LogP contribution < -0.4 is 5.32 Å². The van der Waals surface area contributed by atoms with Crippen LogP contribution in [0.5, 0.6) is 0 Å². The highest BCUT2D eigenvalue weighted by Crippen LogP contribution is 2.27. The van der Waals surface area contributed by atoms with E-state index in [1.807, 2.05) is 7.05 Å². The highest BCUT2D eigenvalue weighted by atomic mass is 35.5. The van der Waals surface area contributed by atoms with E-state index in [9.17, 15) is 8.42 Å². The van der Waals surface area contributed by atoms with Gasteiger partial charge in [0.15, 0.2) is 0 Å². The van der Waals surface area contributed by atoms with Crippen molar-refractivity contribution < 1.29 is 8.42 Å². The van der Waals surface area contributed by atoms with Crippen molar-refractivity contribution in [2.75, 3.05) is 27.2 Å². The number of nitrogens with zero attached hydrogens (tertiary/aromatic N) is 1. The van der Waals surface area contributed by atoms with Crippen molar-refractivity contribution in [3.8, 4) is 0 Å². The molecule has 0 radical (unpaired) electrons. The molecule has 102 valence electrons. The second kappa shape index (κ2) is 6.73. The van der Waals surface area contributed by atoms with E-state index in [1.165, 1.54) is 23.5 Å². The minimum atomic E-state index is -3.58. The smallest absolute Gasteiger partial charge is 0.244 e. The summed E-state index contributed by atoms with van der Waals surface area (Å²) in [6.07, 6.45) is 0.727. The molecule has 0 amide bonds. The Balaban J connectivity index is 2.95. The van der Waals surface area contributed by atoms with Gasteiger partial charge >= 0.3 is 0 Å². The van der Waals surface area contributed by atoms with Gasteiger partial charge in [-0.2, -0.15) is 0 Å². The Morgan fingerprint density at radius 2 is 2.00 bits per heavy atom. The highest BCUT2D eigenvalue weighted by molar-refractivity contribution is 7.89. The molecule has 0 unspecified atom stereocenters. The summed E-state index contributed by atoms with van der Waals surface area (Å²) in [7, 11) is -0.232. The van der Waals surface area contributed by atoms with Crippen LogP contribution in [0.3, 0.4) is 0 Å². The summed E-state index contributed by atoms with van der Waals surface area (Å²) in [5.41, 5.74) is 0. The fourth-order valence-corrected chi connectivity index (χ4v) is 3.38. The minimum absolute atomic E-state index is 0.0450. The van der Waals surface area contributed by atoms with Crippen LogP contribution in [-0.4, -0.2) is 39.9 Å². The predicted octanol–water partition coefficient (Wildman–Crippen LogP) is 2.22. The molecule has 7 heteroatoms. The van der Waals surface area contributed by atoms with Gasteiger partial charge in [-0.3, -0.25) is 0 Å².